The normalized spacial score (nSPS) is 34.7. The zero-order valence-corrected chi connectivity index (χ0v) is 9.56. The number of rotatable bonds is 0. The fraction of sp³-hybridized carbons (Fsp3) is 0.909. The highest BCUT2D eigenvalue weighted by atomic mass is 16.6. The topological polar surface area (TPSA) is 49.8 Å². The molecule has 1 saturated heterocycles. The first kappa shape index (κ1) is 10.7. The van der Waals surface area contributed by atoms with Gasteiger partial charge in [-0.25, -0.2) is 4.79 Å². The van der Waals surface area contributed by atoms with Crippen molar-refractivity contribution in [3.63, 3.8) is 0 Å². The predicted octanol–water partition coefficient (Wildman–Crippen LogP) is 1.38. The zero-order chi connectivity index (χ0) is 11.2. The van der Waals surface area contributed by atoms with Crippen LogP contribution in [-0.2, 0) is 4.74 Å². The number of carbonyl (C=O) groups excluding carboxylic acids is 1. The van der Waals surface area contributed by atoms with Gasteiger partial charge in [0, 0.05) is 18.5 Å². The Morgan fingerprint density at radius 3 is 2.47 bits per heavy atom. The number of likely N-dealkylation sites (tertiary alicyclic amines) is 1. The van der Waals surface area contributed by atoms with Crippen LogP contribution in [0, 0.1) is 5.92 Å². The molecule has 2 rings (SSSR count). The Morgan fingerprint density at radius 2 is 2.07 bits per heavy atom. The Balaban J connectivity index is 1.94. The molecule has 1 aliphatic heterocycles. The molecule has 3 atom stereocenters. The van der Waals surface area contributed by atoms with E-state index in [0.29, 0.717) is 13.0 Å². The van der Waals surface area contributed by atoms with Crippen molar-refractivity contribution >= 4 is 6.09 Å². The van der Waals surface area contributed by atoms with E-state index in [2.05, 4.69) is 0 Å². The summed E-state index contributed by atoms with van der Waals surface area (Å²) in [6.45, 7) is 6.26. The molecule has 15 heavy (non-hydrogen) atoms. The summed E-state index contributed by atoms with van der Waals surface area (Å²) >= 11 is 0. The van der Waals surface area contributed by atoms with Gasteiger partial charge in [-0.1, -0.05) is 0 Å². The van der Waals surface area contributed by atoms with Crippen molar-refractivity contribution < 1.29 is 14.6 Å². The fourth-order valence-electron chi connectivity index (χ4n) is 2.47. The van der Waals surface area contributed by atoms with Gasteiger partial charge in [0.15, 0.2) is 0 Å². The van der Waals surface area contributed by atoms with Crippen molar-refractivity contribution in [1.29, 1.82) is 0 Å². The average Bonchev–Trinajstić information content (AvgIpc) is 2.58. The van der Waals surface area contributed by atoms with E-state index < -0.39 is 5.60 Å². The van der Waals surface area contributed by atoms with Gasteiger partial charge in [-0.15, -0.1) is 0 Å². The Kier molecular flexibility index (Phi) is 2.41. The molecule has 2 aliphatic rings. The molecule has 0 radical (unpaired) electrons. The van der Waals surface area contributed by atoms with Gasteiger partial charge in [0.2, 0.25) is 0 Å². The first-order valence-corrected chi connectivity index (χ1v) is 5.54. The van der Waals surface area contributed by atoms with Crippen LogP contribution in [0.4, 0.5) is 4.79 Å². The standard InChI is InChI=1S/C11H19NO3/c1-11(2,3)15-10(14)12-6-7-4-8(12)5-9(7)13/h7-9,13H,4-6H2,1-3H3/t7-,8-,9-/m1/s1. The molecule has 1 aliphatic carbocycles. The van der Waals surface area contributed by atoms with Crippen LogP contribution >= 0.6 is 0 Å². The van der Waals surface area contributed by atoms with Crippen LogP contribution in [0.2, 0.25) is 0 Å². The average molecular weight is 213 g/mol. The van der Waals surface area contributed by atoms with Crippen LogP contribution in [0.3, 0.4) is 0 Å². The van der Waals surface area contributed by atoms with Gasteiger partial charge in [0.1, 0.15) is 5.60 Å². The number of piperidine rings is 1. The summed E-state index contributed by atoms with van der Waals surface area (Å²) in [7, 11) is 0. The zero-order valence-electron chi connectivity index (χ0n) is 9.56. The van der Waals surface area contributed by atoms with E-state index in [9.17, 15) is 9.90 Å². The molecule has 86 valence electrons. The molecule has 4 heteroatoms. The maximum atomic E-state index is 11.8. The first-order valence-electron chi connectivity index (χ1n) is 5.54. The molecule has 1 amide bonds. The van der Waals surface area contributed by atoms with E-state index in [1.807, 2.05) is 20.8 Å². The van der Waals surface area contributed by atoms with E-state index in [0.717, 1.165) is 6.42 Å². The van der Waals surface area contributed by atoms with E-state index >= 15 is 0 Å². The lowest BCUT2D eigenvalue weighted by molar-refractivity contribution is 0.00788. The van der Waals surface area contributed by atoms with E-state index in [-0.39, 0.29) is 24.2 Å². The van der Waals surface area contributed by atoms with Gasteiger partial charge in [0.05, 0.1) is 6.10 Å². The summed E-state index contributed by atoms with van der Waals surface area (Å²) in [5.74, 6) is 0.266. The Morgan fingerprint density at radius 1 is 1.40 bits per heavy atom. The smallest absolute Gasteiger partial charge is 0.410 e. The minimum absolute atomic E-state index is 0.194. The second kappa shape index (κ2) is 3.37. The first-order chi connectivity index (χ1) is 6.87. The quantitative estimate of drug-likeness (QED) is 0.661. The van der Waals surface area contributed by atoms with Crippen molar-refractivity contribution in [2.45, 2.75) is 51.4 Å². The molecule has 0 aromatic rings. The summed E-state index contributed by atoms with van der Waals surface area (Å²) in [5, 5.41) is 9.57. The van der Waals surface area contributed by atoms with Gasteiger partial charge >= 0.3 is 6.09 Å². The third-order valence-electron chi connectivity index (χ3n) is 3.13. The number of amides is 1. The molecular formula is C11H19NO3. The molecule has 0 aromatic carbocycles. The Bertz CT molecular complexity index is 269. The van der Waals surface area contributed by atoms with E-state index in [1.165, 1.54) is 0 Å². The summed E-state index contributed by atoms with van der Waals surface area (Å²) in [4.78, 5) is 13.5. The third-order valence-corrected chi connectivity index (χ3v) is 3.13. The lowest BCUT2D eigenvalue weighted by Crippen LogP contribution is -2.44. The second-order valence-electron chi connectivity index (χ2n) is 5.59. The Labute approximate surface area is 90.2 Å². The number of nitrogens with zero attached hydrogens (tertiary/aromatic N) is 1. The molecule has 4 nitrogen and oxygen atoms in total. The monoisotopic (exact) mass is 213 g/mol. The van der Waals surface area contributed by atoms with Crippen LogP contribution in [0.25, 0.3) is 0 Å². The number of carbonyl (C=O) groups is 1. The molecule has 1 heterocycles. The highest BCUT2D eigenvalue weighted by Gasteiger charge is 2.46. The molecule has 0 aromatic heterocycles. The number of hydrogen-bond donors (Lipinski definition) is 1. The minimum atomic E-state index is -0.433. The molecule has 0 unspecified atom stereocenters. The van der Waals surface area contributed by atoms with Crippen molar-refractivity contribution in [2.75, 3.05) is 6.54 Å². The van der Waals surface area contributed by atoms with Gasteiger partial charge in [0.25, 0.3) is 0 Å². The predicted molar refractivity (Wildman–Crippen MR) is 55.5 cm³/mol. The molecular weight excluding hydrogens is 194 g/mol. The fourth-order valence-corrected chi connectivity index (χ4v) is 2.47. The SMILES string of the molecule is CC(C)(C)OC(=O)N1C[C@H]2C[C@@H]1C[C@H]2O. The Hall–Kier alpha value is -0.770. The molecule has 2 fully saturated rings. The maximum Gasteiger partial charge on any atom is 0.410 e. The van der Waals surface area contributed by atoms with Gasteiger partial charge in [-0.3, -0.25) is 0 Å². The van der Waals surface area contributed by atoms with Crippen molar-refractivity contribution in [2.24, 2.45) is 5.92 Å². The van der Waals surface area contributed by atoms with E-state index in [1.54, 1.807) is 4.90 Å². The van der Waals surface area contributed by atoms with Crippen molar-refractivity contribution in [3.8, 4) is 0 Å². The summed E-state index contributed by atoms with van der Waals surface area (Å²) in [6, 6.07) is 0.194. The van der Waals surface area contributed by atoms with Crippen LogP contribution in [0.5, 0.6) is 0 Å². The molecule has 0 spiro atoms. The van der Waals surface area contributed by atoms with Crippen LogP contribution in [0.1, 0.15) is 33.6 Å². The number of aliphatic hydroxyl groups is 1. The van der Waals surface area contributed by atoms with Crippen LogP contribution < -0.4 is 0 Å². The van der Waals surface area contributed by atoms with Gasteiger partial charge < -0.3 is 14.7 Å². The van der Waals surface area contributed by atoms with Crippen molar-refractivity contribution in [3.05, 3.63) is 0 Å². The number of hydrogen-bond acceptors (Lipinski definition) is 3. The van der Waals surface area contributed by atoms with Gasteiger partial charge in [-0.05, 0) is 33.6 Å². The third kappa shape index (κ3) is 2.09. The molecule has 1 saturated carbocycles. The minimum Gasteiger partial charge on any atom is -0.444 e. The summed E-state index contributed by atoms with van der Waals surface area (Å²) in [5.41, 5.74) is -0.433. The second-order valence-corrected chi connectivity index (χ2v) is 5.59. The largest absolute Gasteiger partial charge is 0.444 e. The summed E-state index contributed by atoms with van der Waals surface area (Å²) < 4.78 is 5.31. The highest BCUT2D eigenvalue weighted by molar-refractivity contribution is 5.69. The number of aliphatic hydroxyl groups excluding tert-OH is 1. The van der Waals surface area contributed by atoms with E-state index in [4.69, 9.17) is 4.74 Å². The maximum absolute atomic E-state index is 11.8. The number of fused-ring (bicyclic) bond motifs is 2. The molecule has 2 bridgehead atoms. The van der Waals surface area contributed by atoms with Crippen LogP contribution in [0.15, 0.2) is 0 Å². The van der Waals surface area contributed by atoms with Crippen molar-refractivity contribution in [1.82, 2.24) is 4.90 Å². The summed E-state index contributed by atoms with van der Waals surface area (Å²) in [6.07, 6.45) is 1.19. The molecule has 1 N–H and O–H groups in total. The lowest BCUT2D eigenvalue weighted by atomic mass is 10.1. The lowest BCUT2D eigenvalue weighted by Gasteiger charge is -2.31. The number of ether oxygens (including phenoxy) is 1. The van der Waals surface area contributed by atoms with Gasteiger partial charge in [-0.2, -0.15) is 0 Å². The van der Waals surface area contributed by atoms with Crippen LogP contribution in [-0.4, -0.2) is 40.4 Å². The highest BCUT2D eigenvalue weighted by Crippen LogP contribution is 2.38.